The van der Waals surface area contributed by atoms with Gasteiger partial charge in [-0.1, -0.05) is 83.3 Å². The number of thiazole rings is 2. The molecule has 15 heteroatoms. The van der Waals surface area contributed by atoms with Gasteiger partial charge in [-0.25, -0.2) is 19.9 Å². The van der Waals surface area contributed by atoms with Crippen LogP contribution in [-0.2, 0) is 14.3 Å². The Morgan fingerprint density at radius 1 is 0.840 bits per heavy atom. The van der Waals surface area contributed by atoms with Crippen LogP contribution in [0, 0.1) is 28.8 Å². The number of hydrogen-bond acceptors (Lipinski definition) is 13. The molecule has 5 heterocycles. The minimum absolute atomic E-state index is 0.126. The number of amides is 2. The first-order valence-electron chi connectivity index (χ1n) is 15.7. The highest BCUT2D eigenvalue weighted by atomic mass is 32.1. The quantitative estimate of drug-likeness (QED) is 0.207. The van der Waals surface area contributed by atoms with Crippen LogP contribution < -0.4 is 10.6 Å². The molecule has 2 aromatic carbocycles. The molecule has 0 saturated carbocycles. The molecule has 50 heavy (non-hydrogen) atoms. The summed E-state index contributed by atoms with van der Waals surface area (Å²) >= 11 is 2.84. The maximum Gasteiger partial charge on any atom is 0.260 e. The second-order valence-electron chi connectivity index (χ2n) is 11.6. The summed E-state index contributed by atoms with van der Waals surface area (Å²) in [6.07, 6.45) is 13.0. The van der Waals surface area contributed by atoms with Gasteiger partial charge in [0.15, 0.2) is 28.3 Å². The largest absolute Gasteiger partial charge is 0.366 e. The third-order valence-corrected chi connectivity index (χ3v) is 10.5. The monoisotopic (exact) mass is 704 g/mol. The molecule has 252 valence electrons. The highest BCUT2D eigenvalue weighted by Gasteiger charge is 2.45. The molecular weight excluding hydrogens is 673 g/mol. The summed E-state index contributed by atoms with van der Waals surface area (Å²) in [5.74, 6) is -0.888. The van der Waals surface area contributed by atoms with Gasteiger partial charge < -0.3 is 19.9 Å². The lowest BCUT2D eigenvalue weighted by molar-refractivity contribution is -0.136. The van der Waals surface area contributed by atoms with E-state index in [-0.39, 0.29) is 30.2 Å². The first kappa shape index (κ1) is 34.1. The normalized spacial score (nSPS) is 19.5. The molecule has 2 saturated heterocycles. The Morgan fingerprint density at radius 2 is 1.42 bits per heavy atom. The number of methoxy groups -OCH3 is 1. The summed E-state index contributed by atoms with van der Waals surface area (Å²) in [6, 6.07) is 19.8. The van der Waals surface area contributed by atoms with E-state index in [2.05, 4.69) is 43.0 Å². The number of anilines is 2. The van der Waals surface area contributed by atoms with Crippen molar-refractivity contribution in [2.45, 2.75) is 17.9 Å². The van der Waals surface area contributed by atoms with Gasteiger partial charge in [-0.3, -0.25) is 14.9 Å². The molecule has 1 unspecified atom stereocenters. The molecule has 0 aliphatic carbocycles. The van der Waals surface area contributed by atoms with Crippen molar-refractivity contribution in [3.8, 4) is 33.3 Å². The zero-order chi connectivity index (χ0) is 34.9. The van der Waals surface area contributed by atoms with Crippen LogP contribution in [0.15, 0.2) is 91.8 Å². The van der Waals surface area contributed by atoms with E-state index in [1.807, 2.05) is 60.7 Å². The van der Waals surface area contributed by atoms with Crippen LogP contribution in [0.3, 0.4) is 0 Å². The van der Waals surface area contributed by atoms with Gasteiger partial charge in [-0.2, -0.15) is 10.5 Å². The second kappa shape index (κ2) is 15.7. The summed E-state index contributed by atoms with van der Waals surface area (Å²) in [5.41, 5.74) is 1.99. The lowest BCUT2D eigenvalue weighted by atomic mass is 9.90. The van der Waals surface area contributed by atoms with E-state index in [4.69, 9.17) is 10.00 Å². The molecule has 2 aliphatic heterocycles. The van der Waals surface area contributed by atoms with Crippen LogP contribution in [-0.4, -0.2) is 80.4 Å². The molecule has 2 aliphatic rings. The lowest BCUT2D eigenvalue weighted by Gasteiger charge is -2.24. The standard InChI is InChI=1S/C19H16N6OS.C16H16N4O2S/c20-11-25-9-15(14-6-21-12-22-7-14)16(10-25)18(26)24-19-23-8-17(27-19)13-4-2-1-3-5-13;1-22-16(7-8-20(10-16)11-17)14(21)19-15-18-9-13(23-15)12-5-3-2-4-6-12/h1-8,12,15-16H,9-10H2,(H,23,24,26);2-6,9H,7-8,10H2,1H3,(H,18,19,21)/t15-,16+;/m0./s1. The molecule has 2 N–H and O–H groups in total. The van der Waals surface area contributed by atoms with Gasteiger partial charge in [0.05, 0.1) is 22.2 Å². The maximum absolute atomic E-state index is 12.9. The van der Waals surface area contributed by atoms with Gasteiger partial charge >= 0.3 is 0 Å². The van der Waals surface area contributed by atoms with Crippen molar-refractivity contribution >= 4 is 44.8 Å². The molecule has 13 nitrogen and oxygen atoms in total. The SMILES string of the molecule is COC1(C(=O)Nc2ncc(-c3ccccc3)s2)CCN(C#N)C1.N#CN1C[C@@H](C(=O)Nc2ncc(-c3ccccc3)s2)[C@H](c2cncnc2)C1. The third-order valence-electron chi connectivity index (χ3n) is 8.56. The van der Waals surface area contributed by atoms with E-state index in [1.54, 1.807) is 29.7 Å². The van der Waals surface area contributed by atoms with Gasteiger partial charge in [-0.05, 0) is 16.7 Å². The number of aromatic nitrogens is 4. The summed E-state index contributed by atoms with van der Waals surface area (Å²) in [4.78, 5) is 47.2. The smallest absolute Gasteiger partial charge is 0.260 e. The van der Waals surface area contributed by atoms with Crippen molar-refractivity contribution in [2.24, 2.45) is 5.92 Å². The van der Waals surface area contributed by atoms with Crippen molar-refractivity contribution in [2.75, 3.05) is 43.9 Å². The number of carbonyl (C=O) groups is 2. The summed E-state index contributed by atoms with van der Waals surface area (Å²) < 4.78 is 5.43. The molecular formula is C35H32N10O3S2. The Hall–Kier alpha value is -5.74. The molecule has 7 rings (SSSR count). The van der Waals surface area contributed by atoms with Crippen molar-refractivity contribution in [1.29, 1.82) is 10.5 Å². The highest BCUT2D eigenvalue weighted by molar-refractivity contribution is 7.19. The van der Waals surface area contributed by atoms with Crippen LogP contribution >= 0.6 is 22.7 Å². The zero-order valence-corrected chi connectivity index (χ0v) is 28.6. The van der Waals surface area contributed by atoms with Crippen LogP contribution in [0.2, 0.25) is 0 Å². The van der Waals surface area contributed by atoms with Gasteiger partial charge in [0.2, 0.25) is 5.91 Å². The molecule has 0 bridgehead atoms. The van der Waals surface area contributed by atoms with E-state index in [1.165, 1.54) is 41.0 Å². The fourth-order valence-electron chi connectivity index (χ4n) is 5.85. The van der Waals surface area contributed by atoms with Crippen molar-refractivity contribution in [3.05, 3.63) is 97.3 Å². The van der Waals surface area contributed by atoms with Gasteiger partial charge in [0, 0.05) is 63.9 Å². The molecule has 2 fully saturated rings. The van der Waals surface area contributed by atoms with Crippen LogP contribution in [0.5, 0.6) is 0 Å². The third kappa shape index (κ3) is 7.76. The first-order valence-corrected chi connectivity index (χ1v) is 17.3. The molecule has 5 aromatic rings. The van der Waals surface area contributed by atoms with Crippen LogP contribution in [0.4, 0.5) is 10.3 Å². The number of hydrogen-bond donors (Lipinski definition) is 2. The number of nitrogens with one attached hydrogen (secondary N) is 2. The number of rotatable bonds is 8. The van der Waals surface area contributed by atoms with Crippen LogP contribution in [0.25, 0.3) is 20.9 Å². The van der Waals surface area contributed by atoms with Crippen molar-refractivity contribution in [1.82, 2.24) is 29.7 Å². The summed E-state index contributed by atoms with van der Waals surface area (Å²) in [5, 5.41) is 25.0. The van der Waals surface area contributed by atoms with Gasteiger partial charge in [0.1, 0.15) is 6.33 Å². The number of ether oxygens (including phenoxy) is 1. The summed E-state index contributed by atoms with van der Waals surface area (Å²) in [6.45, 7) is 1.64. The molecule has 3 atom stereocenters. The van der Waals surface area contributed by atoms with E-state index in [0.29, 0.717) is 36.3 Å². The number of nitriles is 2. The Balaban J connectivity index is 0.000000175. The predicted molar refractivity (Wildman–Crippen MR) is 189 cm³/mol. The zero-order valence-electron chi connectivity index (χ0n) is 27.0. The Kier molecular flexibility index (Phi) is 10.7. The number of likely N-dealkylation sites (tertiary alicyclic amines) is 2. The Labute approximate surface area is 296 Å². The summed E-state index contributed by atoms with van der Waals surface area (Å²) in [7, 11) is 1.50. The molecule has 0 radical (unpaired) electrons. The van der Waals surface area contributed by atoms with Gasteiger partial charge in [-0.15, -0.1) is 0 Å². The Bertz CT molecular complexity index is 2000. The van der Waals surface area contributed by atoms with E-state index < -0.39 is 5.60 Å². The first-order chi connectivity index (χ1) is 24.4. The minimum Gasteiger partial charge on any atom is -0.366 e. The molecule has 0 spiro atoms. The average molecular weight is 705 g/mol. The fraction of sp³-hybridized carbons (Fsp3) is 0.257. The van der Waals surface area contributed by atoms with E-state index in [0.717, 1.165) is 26.4 Å². The highest BCUT2D eigenvalue weighted by Crippen LogP contribution is 2.35. The number of benzene rings is 2. The topological polar surface area (TPSA) is 173 Å². The maximum atomic E-state index is 12.9. The van der Waals surface area contributed by atoms with E-state index >= 15 is 0 Å². The van der Waals surface area contributed by atoms with Crippen LogP contribution in [0.1, 0.15) is 17.9 Å². The molecule has 2 amide bonds. The van der Waals surface area contributed by atoms with Crippen molar-refractivity contribution in [3.63, 3.8) is 0 Å². The predicted octanol–water partition coefficient (Wildman–Crippen LogP) is 5.06. The van der Waals surface area contributed by atoms with Crippen molar-refractivity contribution < 1.29 is 14.3 Å². The average Bonchev–Trinajstić information content (AvgIpc) is 4.00. The van der Waals surface area contributed by atoms with Gasteiger partial charge in [0.25, 0.3) is 5.91 Å². The lowest BCUT2D eigenvalue weighted by Crippen LogP contribution is -2.46. The minimum atomic E-state index is -0.992. The van der Waals surface area contributed by atoms with E-state index in [9.17, 15) is 14.9 Å². The Morgan fingerprint density at radius 3 is 1.96 bits per heavy atom. The fourth-order valence-corrected chi connectivity index (χ4v) is 7.49. The second-order valence-corrected chi connectivity index (χ2v) is 13.7. The number of nitrogens with zero attached hydrogens (tertiary/aromatic N) is 8. The number of carbonyl (C=O) groups excluding carboxylic acids is 2. The molecule has 3 aromatic heterocycles.